The van der Waals surface area contributed by atoms with E-state index >= 15 is 0 Å². The minimum atomic E-state index is -0.335. The molecule has 0 radical (unpaired) electrons. The number of rotatable bonds is 2. The van der Waals surface area contributed by atoms with Crippen LogP contribution in [0.25, 0.3) is 0 Å². The van der Waals surface area contributed by atoms with Crippen molar-refractivity contribution in [2.45, 2.75) is 52.2 Å². The monoisotopic (exact) mass is 222 g/mol. The van der Waals surface area contributed by atoms with Crippen LogP contribution in [-0.4, -0.2) is 28.3 Å². The Morgan fingerprint density at radius 3 is 2.25 bits per heavy atom. The van der Waals surface area contributed by atoms with Crippen molar-refractivity contribution in [2.24, 2.45) is 0 Å². The van der Waals surface area contributed by atoms with Gasteiger partial charge >= 0.3 is 7.12 Å². The van der Waals surface area contributed by atoms with Crippen LogP contribution in [-0.2, 0) is 15.7 Å². The lowest BCUT2D eigenvalue weighted by Crippen LogP contribution is -2.41. The summed E-state index contributed by atoms with van der Waals surface area (Å²) in [6, 6.07) is 0. The van der Waals surface area contributed by atoms with Crippen molar-refractivity contribution in [2.75, 3.05) is 0 Å². The molecule has 5 heteroatoms. The molecule has 0 unspecified atom stereocenters. The maximum atomic E-state index is 5.91. The van der Waals surface area contributed by atoms with E-state index in [0.29, 0.717) is 0 Å². The number of hydrogen-bond acceptors (Lipinski definition) is 3. The lowest BCUT2D eigenvalue weighted by Gasteiger charge is -2.32. The van der Waals surface area contributed by atoms with E-state index in [2.05, 4.69) is 16.9 Å². The first-order valence-electron chi connectivity index (χ1n) is 5.75. The zero-order valence-electron chi connectivity index (χ0n) is 10.6. The van der Waals surface area contributed by atoms with E-state index in [1.807, 2.05) is 27.7 Å². The van der Waals surface area contributed by atoms with Crippen molar-refractivity contribution >= 4 is 12.7 Å². The molecule has 0 spiro atoms. The highest BCUT2D eigenvalue weighted by Crippen LogP contribution is 2.36. The lowest BCUT2D eigenvalue weighted by molar-refractivity contribution is 0.00578. The van der Waals surface area contributed by atoms with Gasteiger partial charge in [0, 0.05) is 12.6 Å². The fourth-order valence-electron chi connectivity index (χ4n) is 1.65. The second kappa shape index (κ2) is 3.60. The SMILES string of the molecule is CCc1ncc(B2OC(C)(C)C(C)(C)O2)[nH]1. The molecular weight excluding hydrogens is 203 g/mol. The van der Waals surface area contributed by atoms with Gasteiger partial charge in [0.05, 0.1) is 16.8 Å². The third-order valence-electron chi connectivity index (χ3n) is 3.49. The Bertz CT molecular complexity index is 371. The summed E-state index contributed by atoms with van der Waals surface area (Å²) in [4.78, 5) is 7.48. The predicted molar refractivity (Wildman–Crippen MR) is 63.7 cm³/mol. The van der Waals surface area contributed by atoms with Crippen LogP contribution >= 0.6 is 0 Å². The minimum Gasteiger partial charge on any atom is -0.398 e. The first-order chi connectivity index (χ1) is 7.36. The van der Waals surface area contributed by atoms with Crippen LogP contribution in [0.2, 0.25) is 0 Å². The molecule has 1 N–H and O–H groups in total. The zero-order valence-corrected chi connectivity index (χ0v) is 10.6. The Balaban J connectivity index is 2.20. The molecule has 1 aliphatic heterocycles. The van der Waals surface area contributed by atoms with E-state index in [1.165, 1.54) is 0 Å². The van der Waals surface area contributed by atoms with E-state index in [-0.39, 0.29) is 18.3 Å². The maximum absolute atomic E-state index is 5.91. The molecule has 1 aromatic heterocycles. The van der Waals surface area contributed by atoms with Gasteiger partial charge in [-0.05, 0) is 27.7 Å². The molecule has 88 valence electrons. The molecule has 4 nitrogen and oxygen atoms in total. The van der Waals surface area contributed by atoms with Crippen molar-refractivity contribution in [3.8, 4) is 0 Å². The highest BCUT2D eigenvalue weighted by atomic mass is 16.7. The number of aromatic amines is 1. The zero-order chi connectivity index (χ0) is 12.0. The molecule has 1 fully saturated rings. The number of nitrogens with one attached hydrogen (secondary N) is 1. The second-order valence-corrected chi connectivity index (χ2v) is 5.23. The quantitative estimate of drug-likeness (QED) is 0.766. The first kappa shape index (κ1) is 11.7. The van der Waals surface area contributed by atoms with E-state index in [4.69, 9.17) is 9.31 Å². The van der Waals surface area contributed by atoms with Gasteiger partial charge < -0.3 is 14.3 Å². The molecule has 0 saturated carbocycles. The van der Waals surface area contributed by atoms with E-state index in [9.17, 15) is 0 Å². The smallest absolute Gasteiger partial charge is 0.398 e. The van der Waals surface area contributed by atoms with Gasteiger partial charge in [0.2, 0.25) is 0 Å². The fourth-order valence-corrected chi connectivity index (χ4v) is 1.65. The lowest BCUT2D eigenvalue weighted by atomic mass is 9.86. The number of imidazole rings is 1. The first-order valence-corrected chi connectivity index (χ1v) is 5.75. The van der Waals surface area contributed by atoms with Gasteiger partial charge in [0.15, 0.2) is 0 Å². The number of hydrogen-bond donors (Lipinski definition) is 1. The largest absolute Gasteiger partial charge is 0.513 e. The molecule has 2 heterocycles. The van der Waals surface area contributed by atoms with Crippen LogP contribution < -0.4 is 5.59 Å². The van der Waals surface area contributed by atoms with E-state index in [0.717, 1.165) is 17.8 Å². The maximum Gasteiger partial charge on any atom is 0.513 e. The molecular formula is C11H19BN2O2. The summed E-state index contributed by atoms with van der Waals surface area (Å²) in [5.74, 6) is 0.963. The van der Waals surface area contributed by atoms with Crippen molar-refractivity contribution in [3.63, 3.8) is 0 Å². The Hall–Kier alpha value is -0.805. The van der Waals surface area contributed by atoms with Crippen LogP contribution in [0.4, 0.5) is 0 Å². The third-order valence-corrected chi connectivity index (χ3v) is 3.49. The second-order valence-electron chi connectivity index (χ2n) is 5.23. The van der Waals surface area contributed by atoms with Gasteiger partial charge in [0.1, 0.15) is 5.82 Å². The predicted octanol–water partition coefficient (Wildman–Crippen LogP) is 1.27. The normalized spacial score (nSPS) is 22.7. The van der Waals surface area contributed by atoms with Gasteiger partial charge in [-0.2, -0.15) is 0 Å². The van der Waals surface area contributed by atoms with Crippen molar-refractivity contribution in [1.29, 1.82) is 0 Å². The summed E-state index contributed by atoms with van der Waals surface area (Å²) in [6.07, 6.45) is 2.68. The summed E-state index contributed by atoms with van der Waals surface area (Å²) < 4.78 is 11.8. The molecule has 0 amide bonds. The van der Waals surface area contributed by atoms with Crippen LogP contribution in [0.1, 0.15) is 40.4 Å². The molecule has 0 aliphatic carbocycles. The number of aromatic nitrogens is 2. The highest BCUT2D eigenvalue weighted by Gasteiger charge is 2.52. The van der Waals surface area contributed by atoms with Crippen LogP contribution in [0.15, 0.2) is 6.20 Å². The van der Waals surface area contributed by atoms with Gasteiger partial charge in [-0.25, -0.2) is 4.98 Å². The summed E-state index contributed by atoms with van der Waals surface area (Å²) in [7, 11) is -0.335. The molecule has 1 aliphatic rings. The number of nitrogens with zero attached hydrogens (tertiary/aromatic N) is 1. The van der Waals surface area contributed by atoms with Crippen molar-refractivity contribution in [3.05, 3.63) is 12.0 Å². The Labute approximate surface area is 96.9 Å². The molecule has 16 heavy (non-hydrogen) atoms. The third kappa shape index (κ3) is 1.78. The summed E-state index contributed by atoms with van der Waals surface area (Å²) in [6.45, 7) is 10.2. The topological polar surface area (TPSA) is 47.1 Å². The molecule has 1 saturated heterocycles. The van der Waals surface area contributed by atoms with Crippen molar-refractivity contribution in [1.82, 2.24) is 9.97 Å². The highest BCUT2D eigenvalue weighted by molar-refractivity contribution is 6.61. The average molecular weight is 222 g/mol. The van der Waals surface area contributed by atoms with Crippen LogP contribution in [0.3, 0.4) is 0 Å². The number of aryl methyl sites for hydroxylation is 1. The summed E-state index contributed by atoms with van der Waals surface area (Å²) in [5.41, 5.74) is 0.306. The van der Waals surface area contributed by atoms with Crippen LogP contribution in [0, 0.1) is 0 Å². The van der Waals surface area contributed by atoms with Gasteiger partial charge in [-0.3, -0.25) is 0 Å². The molecule has 1 aromatic rings. The average Bonchev–Trinajstić information content (AvgIpc) is 2.70. The van der Waals surface area contributed by atoms with E-state index < -0.39 is 0 Å². The minimum absolute atomic E-state index is 0.296. The number of H-pyrrole nitrogens is 1. The van der Waals surface area contributed by atoms with Crippen LogP contribution in [0.5, 0.6) is 0 Å². The summed E-state index contributed by atoms with van der Waals surface area (Å²) >= 11 is 0. The molecule has 0 bridgehead atoms. The van der Waals surface area contributed by atoms with Gasteiger partial charge in [0.25, 0.3) is 0 Å². The van der Waals surface area contributed by atoms with E-state index in [1.54, 1.807) is 6.20 Å². The Morgan fingerprint density at radius 2 is 1.81 bits per heavy atom. The molecule has 0 aromatic carbocycles. The fraction of sp³-hybridized carbons (Fsp3) is 0.727. The van der Waals surface area contributed by atoms with Crippen molar-refractivity contribution < 1.29 is 9.31 Å². The summed E-state index contributed by atoms with van der Waals surface area (Å²) in [5, 5.41) is 0. The van der Waals surface area contributed by atoms with Gasteiger partial charge in [-0.1, -0.05) is 6.92 Å². The standard InChI is InChI=1S/C11H19BN2O2/c1-6-9-13-7-8(14-9)12-15-10(2,3)11(4,5)16-12/h7H,6H2,1-5H3,(H,13,14). The Morgan fingerprint density at radius 1 is 1.25 bits per heavy atom. The molecule has 2 rings (SSSR count). The molecule has 0 atom stereocenters. The Kier molecular flexibility index (Phi) is 2.63. The van der Waals surface area contributed by atoms with Gasteiger partial charge in [-0.15, -0.1) is 0 Å².